The predicted molar refractivity (Wildman–Crippen MR) is 202 cm³/mol. The van der Waals surface area contributed by atoms with E-state index >= 15 is 0 Å². The Bertz CT molecular complexity index is 1960. The summed E-state index contributed by atoms with van der Waals surface area (Å²) in [6, 6.07) is 22.8. The number of aromatic nitrogens is 3. The van der Waals surface area contributed by atoms with Crippen molar-refractivity contribution in [1.82, 2.24) is 30.5 Å². The third-order valence-electron chi connectivity index (χ3n) is 9.69. The van der Waals surface area contributed by atoms with Gasteiger partial charge >= 0.3 is 0 Å². The van der Waals surface area contributed by atoms with Gasteiger partial charge in [-0.15, -0.1) is 0 Å². The van der Waals surface area contributed by atoms with Crippen LogP contribution in [0.1, 0.15) is 52.0 Å². The highest BCUT2D eigenvalue weighted by atomic mass is 35.5. The van der Waals surface area contributed by atoms with Gasteiger partial charge in [0.05, 0.1) is 0 Å². The lowest BCUT2D eigenvalue weighted by molar-refractivity contribution is 0.0906. The SMILES string of the molecule is O=C(NC1CCN(Cc2ccc(N3CCC(NC(=O)c4ccc(Cl)c(-c5cccnc5)c4)CC3)nc2)CC1)c1ccc(Cl)c(-c2cccnc2)c1. The van der Waals surface area contributed by atoms with Crippen molar-refractivity contribution in [3.63, 3.8) is 0 Å². The molecule has 0 bridgehead atoms. The lowest BCUT2D eigenvalue weighted by atomic mass is 10.0. The second kappa shape index (κ2) is 16.0. The molecule has 3 aromatic heterocycles. The van der Waals surface area contributed by atoms with Crippen LogP contribution in [0.25, 0.3) is 22.3 Å². The summed E-state index contributed by atoms with van der Waals surface area (Å²) in [7, 11) is 0. The fourth-order valence-corrected chi connectivity index (χ4v) is 7.25. The van der Waals surface area contributed by atoms with E-state index in [0.717, 1.165) is 86.5 Å². The van der Waals surface area contributed by atoms with E-state index in [1.165, 1.54) is 5.56 Å². The maximum absolute atomic E-state index is 13.1. The summed E-state index contributed by atoms with van der Waals surface area (Å²) < 4.78 is 0. The highest BCUT2D eigenvalue weighted by Gasteiger charge is 2.24. The highest BCUT2D eigenvalue weighted by molar-refractivity contribution is 6.34. The molecule has 0 radical (unpaired) electrons. The van der Waals surface area contributed by atoms with Gasteiger partial charge in [-0.25, -0.2) is 4.98 Å². The summed E-state index contributed by atoms with van der Waals surface area (Å²) >= 11 is 12.9. The zero-order valence-electron chi connectivity index (χ0n) is 28.1. The lowest BCUT2D eigenvalue weighted by Crippen LogP contribution is -2.45. The molecule has 2 aliphatic heterocycles. The molecule has 7 rings (SSSR count). The van der Waals surface area contributed by atoms with Crippen LogP contribution in [-0.4, -0.2) is 69.9 Å². The van der Waals surface area contributed by atoms with Gasteiger partial charge in [0.2, 0.25) is 0 Å². The predicted octanol–water partition coefficient (Wildman–Crippen LogP) is 7.31. The fraction of sp³-hybridized carbons (Fsp3) is 0.275. The Kier molecular flexibility index (Phi) is 10.9. The number of pyridine rings is 3. The van der Waals surface area contributed by atoms with Gasteiger partial charge in [0.1, 0.15) is 5.82 Å². The Balaban J connectivity index is 0.853. The van der Waals surface area contributed by atoms with E-state index < -0.39 is 0 Å². The van der Waals surface area contributed by atoms with Crippen LogP contribution in [0.4, 0.5) is 5.82 Å². The van der Waals surface area contributed by atoms with Crippen LogP contribution in [0.2, 0.25) is 10.0 Å². The summed E-state index contributed by atoms with van der Waals surface area (Å²) in [4.78, 5) is 44.1. The molecule has 0 atom stereocenters. The molecule has 260 valence electrons. The van der Waals surface area contributed by atoms with E-state index in [9.17, 15) is 9.59 Å². The number of nitrogens with one attached hydrogen (secondary N) is 2. The molecular formula is C40H39Cl2N7O2. The second-order valence-electron chi connectivity index (χ2n) is 13.2. The van der Waals surface area contributed by atoms with Crippen LogP contribution in [0.3, 0.4) is 0 Å². The Morgan fingerprint density at radius 2 is 1.20 bits per heavy atom. The van der Waals surface area contributed by atoms with Crippen LogP contribution in [0, 0.1) is 0 Å². The summed E-state index contributed by atoms with van der Waals surface area (Å²) in [5, 5.41) is 7.61. The van der Waals surface area contributed by atoms with Crippen LogP contribution < -0.4 is 15.5 Å². The Morgan fingerprint density at radius 3 is 1.67 bits per heavy atom. The molecule has 2 amide bonds. The first-order valence-electron chi connectivity index (χ1n) is 17.3. The molecule has 2 N–H and O–H groups in total. The van der Waals surface area contributed by atoms with Crippen molar-refractivity contribution in [3.05, 3.63) is 131 Å². The number of anilines is 1. The van der Waals surface area contributed by atoms with Crippen molar-refractivity contribution in [2.45, 2.75) is 44.3 Å². The largest absolute Gasteiger partial charge is 0.356 e. The van der Waals surface area contributed by atoms with Gasteiger partial charge in [-0.1, -0.05) is 41.4 Å². The molecule has 5 heterocycles. The number of hydrogen-bond acceptors (Lipinski definition) is 7. The quantitative estimate of drug-likeness (QED) is 0.165. The van der Waals surface area contributed by atoms with E-state index in [0.29, 0.717) is 21.2 Å². The number of benzene rings is 2. The Labute approximate surface area is 308 Å². The van der Waals surface area contributed by atoms with Crippen molar-refractivity contribution in [2.24, 2.45) is 0 Å². The molecule has 0 spiro atoms. The van der Waals surface area contributed by atoms with Gasteiger partial charge in [0, 0.05) is 119 Å². The molecule has 0 unspecified atom stereocenters. The summed E-state index contributed by atoms with van der Waals surface area (Å²) in [6.07, 6.45) is 12.3. The molecular weight excluding hydrogens is 681 g/mol. The molecule has 2 aromatic carbocycles. The second-order valence-corrected chi connectivity index (χ2v) is 14.0. The fourth-order valence-electron chi connectivity index (χ4n) is 6.80. The molecule has 9 nitrogen and oxygen atoms in total. The Morgan fingerprint density at radius 1 is 0.667 bits per heavy atom. The van der Waals surface area contributed by atoms with Crippen molar-refractivity contribution in [3.8, 4) is 22.3 Å². The van der Waals surface area contributed by atoms with Gasteiger partial charge < -0.3 is 15.5 Å². The zero-order chi connectivity index (χ0) is 35.2. The first kappa shape index (κ1) is 34.6. The normalized spacial score (nSPS) is 15.8. The number of amides is 2. The minimum atomic E-state index is -0.0962. The Hall–Kier alpha value is -4.83. The van der Waals surface area contributed by atoms with Crippen LogP contribution in [-0.2, 0) is 6.54 Å². The van der Waals surface area contributed by atoms with Gasteiger partial charge in [-0.2, -0.15) is 0 Å². The van der Waals surface area contributed by atoms with Crippen LogP contribution >= 0.6 is 23.2 Å². The molecule has 0 aliphatic carbocycles. The minimum Gasteiger partial charge on any atom is -0.356 e. The monoisotopic (exact) mass is 719 g/mol. The zero-order valence-corrected chi connectivity index (χ0v) is 29.7. The molecule has 11 heteroatoms. The maximum atomic E-state index is 13.1. The third kappa shape index (κ3) is 8.56. The number of piperidine rings is 2. The molecule has 51 heavy (non-hydrogen) atoms. The number of carbonyl (C=O) groups is 2. The summed E-state index contributed by atoms with van der Waals surface area (Å²) in [5.41, 5.74) is 5.69. The minimum absolute atomic E-state index is 0.0848. The van der Waals surface area contributed by atoms with Crippen LogP contribution in [0.5, 0.6) is 0 Å². The van der Waals surface area contributed by atoms with E-state index in [1.807, 2.05) is 42.6 Å². The van der Waals surface area contributed by atoms with Crippen molar-refractivity contribution >= 4 is 40.8 Å². The molecule has 2 saturated heterocycles. The van der Waals surface area contributed by atoms with E-state index in [1.54, 1.807) is 49.1 Å². The van der Waals surface area contributed by atoms with E-state index in [-0.39, 0.29) is 23.9 Å². The van der Waals surface area contributed by atoms with Gasteiger partial charge in [0.25, 0.3) is 11.8 Å². The highest BCUT2D eigenvalue weighted by Crippen LogP contribution is 2.30. The average Bonchev–Trinajstić information content (AvgIpc) is 3.17. The molecule has 5 aromatic rings. The van der Waals surface area contributed by atoms with Crippen molar-refractivity contribution in [2.75, 3.05) is 31.1 Å². The molecule has 0 saturated carbocycles. The summed E-state index contributed by atoms with van der Waals surface area (Å²) in [5.74, 6) is 0.775. The first-order valence-corrected chi connectivity index (χ1v) is 18.1. The van der Waals surface area contributed by atoms with Crippen LogP contribution in [0.15, 0.2) is 104 Å². The number of rotatable bonds is 9. The van der Waals surface area contributed by atoms with E-state index in [2.05, 4.69) is 42.5 Å². The van der Waals surface area contributed by atoms with E-state index in [4.69, 9.17) is 28.2 Å². The summed E-state index contributed by atoms with van der Waals surface area (Å²) in [6.45, 7) is 4.25. The van der Waals surface area contributed by atoms with Gasteiger partial charge in [-0.3, -0.25) is 24.5 Å². The van der Waals surface area contributed by atoms with Crippen molar-refractivity contribution < 1.29 is 9.59 Å². The first-order chi connectivity index (χ1) is 24.9. The third-order valence-corrected chi connectivity index (χ3v) is 10.4. The topological polar surface area (TPSA) is 103 Å². The van der Waals surface area contributed by atoms with Gasteiger partial charge in [-0.05, 0) is 85.8 Å². The number of likely N-dealkylation sites (tertiary alicyclic amines) is 1. The number of carbonyl (C=O) groups excluding carboxylic acids is 2. The number of hydrogen-bond donors (Lipinski definition) is 2. The smallest absolute Gasteiger partial charge is 0.251 e. The number of halogens is 2. The lowest BCUT2D eigenvalue weighted by Gasteiger charge is -2.34. The van der Waals surface area contributed by atoms with Crippen molar-refractivity contribution in [1.29, 1.82) is 0 Å². The average molecular weight is 721 g/mol. The molecule has 2 fully saturated rings. The maximum Gasteiger partial charge on any atom is 0.251 e. The standard InChI is InChI=1S/C40H39Cl2N7O2/c41-36-8-6-28(21-34(36)30-3-1-15-43-24-30)39(50)46-32-11-17-48(18-12-32)26-27-5-10-38(45-23-27)49-19-13-33(14-20-49)47-40(51)29-7-9-37(42)35(22-29)31-4-2-16-44-25-31/h1-10,15-16,21-25,32-33H,11-14,17-20,26H2,(H,46,50)(H,47,51). The van der Waals surface area contributed by atoms with Gasteiger partial charge in [0.15, 0.2) is 0 Å². The molecule has 2 aliphatic rings. The number of nitrogens with zero attached hydrogens (tertiary/aromatic N) is 5.